The van der Waals surface area contributed by atoms with Crippen molar-refractivity contribution in [3.63, 3.8) is 0 Å². The quantitative estimate of drug-likeness (QED) is 0.228. The fourth-order valence-electron chi connectivity index (χ4n) is 4.83. The minimum absolute atomic E-state index is 0.0739. The fourth-order valence-corrected chi connectivity index (χ4v) is 4.83. The number of hydrogen-bond acceptors (Lipinski definition) is 10. The Labute approximate surface area is 218 Å². The molecule has 0 unspecified atom stereocenters. The molecule has 0 spiro atoms. The number of carbonyl (C=O) groups is 2. The van der Waals surface area contributed by atoms with Gasteiger partial charge >= 0.3 is 6.09 Å². The largest absolute Gasteiger partial charge is 0.493 e. The summed E-state index contributed by atoms with van der Waals surface area (Å²) in [4.78, 5) is 36.4. The van der Waals surface area contributed by atoms with Gasteiger partial charge in [0.25, 0.3) is 5.91 Å². The van der Waals surface area contributed by atoms with Gasteiger partial charge in [-0.25, -0.2) is 24.3 Å². The number of nitrogens with one attached hydrogen (secondary N) is 4. The van der Waals surface area contributed by atoms with Gasteiger partial charge in [-0.3, -0.25) is 4.79 Å². The lowest BCUT2D eigenvalue weighted by Crippen LogP contribution is -2.52. The highest BCUT2D eigenvalue weighted by atomic mass is 16.5. The SMILES string of the molecule is COCCC1(NC(=O)O)CCC(Nc2cc(NC3CC3)c3ncc(C(=O)Nc4cc(O)ncn4)n3n2)CC1. The van der Waals surface area contributed by atoms with Gasteiger partial charge in [-0.1, -0.05) is 0 Å². The number of imidazole rings is 1. The predicted molar refractivity (Wildman–Crippen MR) is 138 cm³/mol. The van der Waals surface area contributed by atoms with E-state index in [2.05, 4.69) is 41.3 Å². The Morgan fingerprint density at radius 1 is 1.08 bits per heavy atom. The fraction of sp³-hybridized carbons (Fsp3) is 0.500. The van der Waals surface area contributed by atoms with Crippen LogP contribution in [0.4, 0.5) is 22.1 Å². The lowest BCUT2D eigenvalue weighted by atomic mass is 9.77. The van der Waals surface area contributed by atoms with E-state index in [1.807, 2.05) is 6.07 Å². The summed E-state index contributed by atoms with van der Waals surface area (Å²) >= 11 is 0. The first-order valence-corrected chi connectivity index (χ1v) is 12.6. The first-order chi connectivity index (χ1) is 18.3. The van der Waals surface area contributed by atoms with Gasteiger partial charge in [0.15, 0.2) is 11.3 Å². The molecule has 2 fully saturated rings. The standard InChI is InChI=1S/C24H31N9O5/c1-38-9-8-24(31-23(36)37)6-4-15(5-7-24)29-19-10-16(28-14-2-3-14)21-25-12-17(33(21)32-19)22(35)30-18-11-20(34)27-13-26-18/h10-15,28,31H,2-9H2,1H3,(H,29,32)(H,36,37)(H2,26,27,30,34,35). The number of methoxy groups -OCH3 is 1. The molecule has 2 aliphatic carbocycles. The number of nitrogens with zero attached hydrogens (tertiary/aromatic N) is 5. The molecule has 6 N–H and O–H groups in total. The summed E-state index contributed by atoms with van der Waals surface area (Å²) in [6.07, 6.45) is 7.11. The summed E-state index contributed by atoms with van der Waals surface area (Å²) in [6.45, 7) is 0.479. The van der Waals surface area contributed by atoms with Crippen molar-refractivity contribution in [3.8, 4) is 5.88 Å². The van der Waals surface area contributed by atoms with Crippen LogP contribution in [0.3, 0.4) is 0 Å². The van der Waals surface area contributed by atoms with Crippen molar-refractivity contribution in [2.45, 2.75) is 62.6 Å². The smallest absolute Gasteiger partial charge is 0.405 e. The lowest BCUT2D eigenvalue weighted by molar-refractivity contribution is 0.101. The molecule has 14 nitrogen and oxygen atoms in total. The maximum atomic E-state index is 13.0. The van der Waals surface area contributed by atoms with E-state index in [1.54, 1.807) is 7.11 Å². The second kappa shape index (κ2) is 10.7. The van der Waals surface area contributed by atoms with E-state index in [-0.39, 0.29) is 23.4 Å². The number of aromatic hydroxyl groups is 1. The van der Waals surface area contributed by atoms with Gasteiger partial charge in [-0.15, -0.1) is 5.10 Å². The topological polar surface area (TPSA) is 188 Å². The first-order valence-electron chi connectivity index (χ1n) is 12.6. The van der Waals surface area contributed by atoms with E-state index in [4.69, 9.17) is 4.74 Å². The molecule has 2 aliphatic rings. The van der Waals surface area contributed by atoms with E-state index in [1.165, 1.54) is 16.8 Å². The van der Waals surface area contributed by atoms with Crippen LogP contribution < -0.4 is 21.3 Å². The number of ether oxygens (including phenoxy) is 1. The minimum atomic E-state index is -1.03. The van der Waals surface area contributed by atoms with E-state index in [0.29, 0.717) is 43.4 Å². The third kappa shape index (κ3) is 5.85. The molecule has 202 valence electrons. The second-order valence-corrected chi connectivity index (χ2v) is 9.83. The van der Waals surface area contributed by atoms with E-state index in [0.717, 1.165) is 37.7 Å². The molecule has 0 aromatic carbocycles. The molecule has 0 atom stereocenters. The van der Waals surface area contributed by atoms with Gasteiger partial charge in [0.1, 0.15) is 18.0 Å². The summed E-state index contributed by atoms with van der Waals surface area (Å²) in [6, 6.07) is 3.57. The Morgan fingerprint density at radius 2 is 1.84 bits per heavy atom. The molecule has 0 radical (unpaired) electrons. The van der Waals surface area contributed by atoms with Gasteiger partial charge in [0.05, 0.1) is 11.9 Å². The maximum absolute atomic E-state index is 13.0. The number of anilines is 3. The summed E-state index contributed by atoms with van der Waals surface area (Å²) in [5, 5.41) is 35.9. The Kier molecular flexibility index (Phi) is 7.13. The molecule has 3 aromatic heterocycles. The molecule has 0 saturated heterocycles. The minimum Gasteiger partial charge on any atom is -0.493 e. The van der Waals surface area contributed by atoms with Crippen LogP contribution in [0.2, 0.25) is 0 Å². The number of amides is 2. The number of rotatable bonds is 10. The normalized spacial score (nSPS) is 21.1. The zero-order valence-corrected chi connectivity index (χ0v) is 21.0. The van der Waals surface area contributed by atoms with Crippen molar-refractivity contribution in [3.05, 3.63) is 30.4 Å². The summed E-state index contributed by atoms with van der Waals surface area (Å²) in [7, 11) is 1.61. The van der Waals surface area contributed by atoms with E-state index < -0.39 is 17.5 Å². The van der Waals surface area contributed by atoms with Crippen molar-refractivity contribution in [1.82, 2.24) is 29.9 Å². The van der Waals surface area contributed by atoms with Crippen molar-refractivity contribution < 1.29 is 24.5 Å². The Morgan fingerprint density at radius 3 is 2.53 bits per heavy atom. The van der Waals surface area contributed by atoms with Crippen molar-refractivity contribution in [1.29, 1.82) is 0 Å². The Hall–Kier alpha value is -4.20. The van der Waals surface area contributed by atoms with Crippen LogP contribution in [0, 0.1) is 0 Å². The third-order valence-corrected chi connectivity index (χ3v) is 6.98. The van der Waals surface area contributed by atoms with Crippen molar-refractivity contribution in [2.24, 2.45) is 0 Å². The molecule has 2 amide bonds. The van der Waals surface area contributed by atoms with E-state index in [9.17, 15) is 19.8 Å². The Bertz CT molecular complexity index is 1320. The average Bonchev–Trinajstić information content (AvgIpc) is 3.59. The highest BCUT2D eigenvalue weighted by Gasteiger charge is 2.36. The van der Waals surface area contributed by atoms with E-state index >= 15 is 0 Å². The highest BCUT2D eigenvalue weighted by molar-refractivity contribution is 6.03. The number of hydrogen-bond donors (Lipinski definition) is 6. The lowest BCUT2D eigenvalue weighted by Gasteiger charge is -2.40. The maximum Gasteiger partial charge on any atom is 0.405 e. The number of aromatic nitrogens is 5. The van der Waals surface area contributed by atoms with Crippen LogP contribution in [-0.4, -0.2) is 78.1 Å². The van der Waals surface area contributed by atoms with Crippen LogP contribution >= 0.6 is 0 Å². The predicted octanol–water partition coefficient (Wildman–Crippen LogP) is 2.45. The molecule has 0 bridgehead atoms. The first kappa shape index (κ1) is 25.4. The molecule has 3 aromatic rings. The van der Waals surface area contributed by atoms with Crippen LogP contribution in [0.25, 0.3) is 5.65 Å². The summed E-state index contributed by atoms with van der Waals surface area (Å²) in [5.74, 6) is -0.0191. The molecule has 14 heteroatoms. The number of fused-ring (bicyclic) bond motifs is 1. The van der Waals surface area contributed by atoms with Crippen molar-refractivity contribution >= 4 is 35.0 Å². The average molecular weight is 526 g/mol. The third-order valence-electron chi connectivity index (χ3n) is 6.98. The molecule has 5 rings (SSSR count). The van der Waals surface area contributed by atoms with Crippen molar-refractivity contribution in [2.75, 3.05) is 29.7 Å². The Balaban J connectivity index is 1.36. The molecular formula is C24H31N9O5. The van der Waals surface area contributed by atoms with Gasteiger partial charge < -0.3 is 36.2 Å². The molecular weight excluding hydrogens is 494 g/mol. The van der Waals surface area contributed by atoms with Crippen LogP contribution in [0.1, 0.15) is 55.4 Å². The van der Waals surface area contributed by atoms with Crippen LogP contribution in [0.15, 0.2) is 24.7 Å². The monoisotopic (exact) mass is 525 g/mol. The van der Waals surface area contributed by atoms with Gasteiger partial charge in [0, 0.05) is 43.5 Å². The second-order valence-electron chi connectivity index (χ2n) is 9.83. The molecule has 2 saturated carbocycles. The summed E-state index contributed by atoms with van der Waals surface area (Å²) < 4.78 is 6.69. The van der Waals surface area contributed by atoms with Crippen LogP contribution in [0.5, 0.6) is 5.88 Å². The zero-order valence-electron chi connectivity index (χ0n) is 21.0. The number of carbonyl (C=O) groups excluding carboxylic acids is 1. The van der Waals surface area contributed by atoms with Gasteiger partial charge in [0.2, 0.25) is 5.88 Å². The van der Waals surface area contributed by atoms with Crippen LogP contribution in [-0.2, 0) is 4.74 Å². The number of carboxylic acid groups (broad SMARTS) is 1. The highest BCUT2D eigenvalue weighted by Crippen LogP contribution is 2.34. The zero-order chi connectivity index (χ0) is 26.7. The summed E-state index contributed by atoms with van der Waals surface area (Å²) in [5.41, 5.74) is 0.974. The molecule has 38 heavy (non-hydrogen) atoms. The molecule has 3 heterocycles. The molecule has 0 aliphatic heterocycles. The van der Waals surface area contributed by atoms with Gasteiger partial charge in [-0.05, 0) is 44.9 Å². The van der Waals surface area contributed by atoms with Gasteiger partial charge in [-0.2, -0.15) is 0 Å².